The van der Waals surface area contributed by atoms with E-state index in [0.29, 0.717) is 11.8 Å². The Kier molecular flexibility index (Phi) is 5.54. The maximum absolute atomic E-state index is 10.2. The maximum Gasteiger partial charge on any atom is 0.0571 e. The highest BCUT2D eigenvalue weighted by Crippen LogP contribution is 2.31. The van der Waals surface area contributed by atoms with Crippen LogP contribution in [0, 0.1) is 17.8 Å². The van der Waals surface area contributed by atoms with Crippen LogP contribution in [0.2, 0.25) is 0 Å². The van der Waals surface area contributed by atoms with Crippen molar-refractivity contribution >= 4 is 0 Å². The van der Waals surface area contributed by atoms with Gasteiger partial charge in [-0.15, -0.1) is 0 Å². The highest BCUT2D eigenvalue weighted by Gasteiger charge is 2.24. The van der Waals surface area contributed by atoms with E-state index in [9.17, 15) is 5.11 Å². The minimum Gasteiger partial charge on any atom is -0.393 e. The second kappa shape index (κ2) is 6.44. The van der Waals surface area contributed by atoms with Gasteiger partial charge in [-0.3, -0.25) is 0 Å². The molecule has 94 valence electrons. The third-order valence-corrected chi connectivity index (χ3v) is 3.65. The van der Waals surface area contributed by atoms with Gasteiger partial charge in [-0.05, 0) is 43.9 Å². The molecule has 3 unspecified atom stereocenters. The van der Waals surface area contributed by atoms with Gasteiger partial charge in [-0.1, -0.05) is 45.3 Å². The summed E-state index contributed by atoms with van der Waals surface area (Å²) < 4.78 is 0. The summed E-state index contributed by atoms with van der Waals surface area (Å²) in [7, 11) is 0. The van der Waals surface area contributed by atoms with Crippen LogP contribution in [0.25, 0.3) is 0 Å². The zero-order valence-electron chi connectivity index (χ0n) is 11.4. The molecule has 16 heavy (non-hydrogen) atoms. The second-order valence-corrected chi connectivity index (χ2v) is 6.08. The van der Waals surface area contributed by atoms with Gasteiger partial charge in [-0.2, -0.15) is 0 Å². The van der Waals surface area contributed by atoms with Crippen LogP contribution >= 0.6 is 0 Å². The normalized spacial score (nSPS) is 28.0. The van der Waals surface area contributed by atoms with Crippen molar-refractivity contribution in [3.63, 3.8) is 0 Å². The second-order valence-electron chi connectivity index (χ2n) is 6.08. The summed E-state index contributed by atoms with van der Waals surface area (Å²) in [5, 5.41) is 10.2. The van der Waals surface area contributed by atoms with Crippen molar-refractivity contribution in [2.24, 2.45) is 17.8 Å². The molecule has 0 saturated heterocycles. The summed E-state index contributed by atoms with van der Waals surface area (Å²) in [5.41, 5.74) is 1.46. The Morgan fingerprint density at radius 2 is 2.06 bits per heavy atom. The van der Waals surface area contributed by atoms with Gasteiger partial charge >= 0.3 is 0 Å². The molecule has 1 rings (SSSR count). The van der Waals surface area contributed by atoms with Crippen molar-refractivity contribution in [3.05, 3.63) is 11.6 Å². The van der Waals surface area contributed by atoms with Crippen molar-refractivity contribution in [2.45, 2.75) is 65.9 Å². The lowest BCUT2D eigenvalue weighted by Crippen LogP contribution is -2.25. The number of rotatable bonds is 5. The third kappa shape index (κ3) is 4.69. The lowest BCUT2D eigenvalue weighted by molar-refractivity contribution is 0.0817. The molecule has 0 aromatic heterocycles. The van der Waals surface area contributed by atoms with Gasteiger partial charge in [-0.25, -0.2) is 0 Å². The summed E-state index contributed by atoms with van der Waals surface area (Å²) in [4.78, 5) is 0. The minimum absolute atomic E-state index is 0.0788. The molecule has 1 aliphatic rings. The van der Waals surface area contributed by atoms with Crippen molar-refractivity contribution in [3.8, 4) is 0 Å². The molecule has 0 radical (unpaired) electrons. The highest BCUT2D eigenvalue weighted by atomic mass is 16.3. The molecule has 0 saturated carbocycles. The highest BCUT2D eigenvalue weighted by molar-refractivity contribution is 5.07. The van der Waals surface area contributed by atoms with Gasteiger partial charge in [0.15, 0.2) is 0 Å². The van der Waals surface area contributed by atoms with Crippen LogP contribution in [-0.2, 0) is 0 Å². The average Bonchev–Trinajstić information content (AvgIpc) is 2.15. The number of hydrogen-bond donors (Lipinski definition) is 1. The van der Waals surface area contributed by atoms with Crippen molar-refractivity contribution in [1.82, 2.24) is 0 Å². The third-order valence-electron chi connectivity index (χ3n) is 3.65. The quantitative estimate of drug-likeness (QED) is 0.695. The molecular weight excluding hydrogens is 196 g/mol. The Hall–Kier alpha value is -0.300. The number of aliphatic hydroxyl groups excluding tert-OH is 1. The molecule has 0 amide bonds. The fourth-order valence-electron chi connectivity index (χ4n) is 2.86. The monoisotopic (exact) mass is 224 g/mol. The summed E-state index contributed by atoms with van der Waals surface area (Å²) >= 11 is 0. The van der Waals surface area contributed by atoms with E-state index in [1.54, 1.807) is 0 Å². The van der Waals surface area contributed by atoms with Crippen LogP contribution in [0.1, 0.15) is 59.8 Å². The van der Waals surface area contributed by atoms with Gasteiger partial charge < -0.3 is 5.11 Å². The summed E-state index contributed by atoms with van der Waals surface area (Å²) in [6.45, 7) is 8.96. The first-order chi connectivity index (χ1) is 7.49. The first-order valence-corrected chi connectivity index (χ1v) is 6.84. The average molecular weight is 224 g/mol. The topological polar surface area (TPSA) is 20.2 Å². The Morgan fingerprint density at radius 3 is 2.62 bits per heavy atom. The van der Waals surface area contributed by atoms with E-state index < -0.39 is 0 Å². The van der Waals surface area contributed by atoms with E-state index in [-0.39, 0.29) is 6.10 Å². The summed E-state index contributed by atoms with van der Waals surface area (Å²) in [6, 6.07) is 0. The molecule has 0 spiro atoms. The molecule has 3 atom stereocenters. The van der Waals surface area contributed by atoms with Crippen molar-refractivity contribution in [2.75, 3.05) is 0 Å². The lowest BCUT2D eigenvalue weighted by Gasteiger charge is -2.29. The van der Waals surface area contributed by atoms with Gasteiger partial charge in [0, 0.05) is 0 Å². The van der Waals surface area contributed by atoms with Gasteiger partial charge in [0.2, 0.25) is 0 Å². The maximum atomic E-state index is 10.2. The fraction of sp³-hybridized carbons (Fsp3) is 0.867. The first-order valence-electron chi connectivity index (χ1n) is 6.84. The largest absolute Gasteiger partial charge is 0.393 e. The van der Waals surface area contributed by atoms with Crippen molar-refractivity contribution in [1.29, 1.82) is 0 Å². The first kappa shape index (κ1) is 13.8. The molecule has 1 nitrogen and oxygen atoms in total. The molecule has 0 aromatic carbocycles. The van der Waals surface area contributed by atoms with Crippen LogP contribution in [0.4, 0.5) is 0 Å². The Balaban J connectivity index is 2.31. The summed E-state index contributed by atoms with van der Waals surface area (Å²) in [6.07, 6.45) is 7.96. The number of hydrogen-bond acceptors (Lipinski definition) is 1. The molecule has 1 aliphatic carbocycles. The number of aliphatic hydroxyl groups is 1. The Labute approximate surface area is 101 Å². The van der Waals surface area contributed by atoms with Gasteiger partial charge in [0.05, 0.1) is 6.10 Å². The van der Waals surface area contributed by atoms with E-state index in [0.717, 1.165) is 18.8 Å². The van der Waals surface area contributed by atoms with E-state index in [4.69, 9.17) is 0 Å². The van der Waals surface area contributed by atoms with Crippen LogP contribution in [0.3, 0.4) is 0 Å². The standard InChI is InChI=1S/C15H28O/c1-11(2)6-5-7-15(16)14-9-12(3)8-13(4)10-14/h8,11-12,14-16H,5-7,9-10H2,1-4H3. The molecule has 1 heteroatoms. The molecule has 0 aromatic rings. The Bertz CT molecular complexity index is 230. The van der Waals surface area contributed by atoms with Gasteiger partial charge in [0.25, 0.3) is 0 Å². The van der Waals surface area contributed by atoms with Crippen LogP contribution in [-0.4, -0.2) is 11.2 Å². The predicted molar refractivity (Wildman–Crippen MR) is 70.3 cm³/mol. The molecule has 1 N–H and O–H groups in total. The fourth-order valence-corrected chi connectivity index (χ4v) is 2.86. The van der Waals surface area contributed by atoms with Crippen LogP contribution in [0.5, 0.6) is 0 Å². The van der Waals surface area contributed by atoms with E-state index >= 15 is 0 Å². The van der Waals surface area contributed by atoms with E-state index in [1.165, 1.54) is 24.8 Å². The zero-order chi connectivity index (χ0) is 12.1. The lowest BCUT2D eigenvalue weighted by atomic mass is 9.79. The Morgan fingerprint density at radius 1 is 1.38 bits per heavy atom. The molecule has 0 aliphatic heterocycles. The molecule has 0 bridgehead atoms. The summed E-state index contributed by atoms with van der Waals surface area (Å²) in [5.74, 6) is 1.92. The van der Waals surface area contributed by atoms with Crippen molar-refractivity contribution < 1.29 is 5.11 Å². The van der Waals surface area contributed by atoms with E-state index in [1.807, 2.05) is 0 Å². The molecule has 0 heterocycles. The van der Waals surface area contributed by atoms with Crippen LogP contribution < -0.4 is 0 Å². The number of allylic oxidation sites excluding steroid dienone is 2. The van der Waals surface area contributed by atoms with Crippen LogP contribution in [0.15, 0.2) is 11.6 Å². The zero-order valence-corrected chi connectivity index (χ0v) is 11.4. The predicted octanol–water partition coefficient (Wildman–Crippen LogP) is 4.17. The molecular formula is C15H28O. The minimum atomic E-state index is -0.0788. The molecule has 0 fully saturated rings. The SMILES string of the molecule is CC1=CC(C)CC(C(O)CCCC(C)C)C1. The van der Waals surface area contributed by atoms with Gasteiger partial charge in [0.1, 0.15) is 0 Å². The smallest absolute Gasteiger partial charge is 0.0571 e. The van der Waals surface area contributed by atoms with E-state index in [2.05, 4.69) is 33.8 Å².